The number of aliphatic hydroxyl groups is 1. The number of halogens is 1. The first-order valence-corrected chi connectivity index (χ1v) is 13.1. The van der Waals surface area contributed by atoms with Crippen LogP contribution in [0, 0.1) is 11.7 Å². The zero-order valence-corrected chi connectivity index (χ0v) is 23.0. The second-order valence-corrected chi connectivity index (χ2v) is 10.1. The van der Waals surface area contributed by atoms with E-state index in [1.807, 2.05) is 6.92 Å². The zero-order chi connectivity index (χ0) is 29.5. The standard InChI is InChI=1S/C27H33FN8O5/c1-17-12-36(18(2)15-37)26(39)11-19-10-22(30-25(38)14-35-16-29-32-33-35)8-9-23(19)41-24(17)13-34(3)27(40)31-21-6-4-20(28)5-7-21/h4-10,16-18,24,37H,11-15H2,1-3H3,(H,30,38)(H,31,40)/t17-,18+,24+/m1/s1. The Kier molecular flexibility index (Phi) is 9.45. The molecule has 14 heteroatoms. The van der Waals surface area contributed by atoms with Crippen molar-refractivity contribution >= 4 is 29.2 Å². The third-order valence-corrected chi connectivity index (χ3v) is 6.79. The Morgan fingerprint density at radius 1 is 1.20 bits per heavy atom. The predicted octanol–water partition coefficient (Wildman–Crippen LogP) is 1.76. The van der Waals surface area contributed by atoms with Gasteiger partial charge in [0, 0.05) is 36.4 Å². The fourth-order valence-corrected chi connectivity index (χ4v) is 4.43. The number of anilines is 2. The number of aliphatic hydroxyl groups excluding tert-OH is 1. The van der Waals surface area contributed by atoms with Gasteiger partial charge in [-0.15, -0.1) is 5.10 Å². The van der Waals surface area contributed by atoms with Gasteiger partial charge in [-0.05, 0) is 59.8 Å². The Balaban J connectivity index is 1.55. The van der Waals surface area contributed by atoms with Gasteiger partial charge in [-0.3, -0.25) is 9.59 Å². The molecule has 1 aliphatic rings. The molecule has 0 saturated carbocycles. The van der Waals surface area contributed by atoms with Crippen LogP contribution in [-0.4, -0.2) is 91.8 Å². The van der Waals surface area contributed by atoms with Crippen molar-refractivity contribution in [1.29, 1.82) is 0 Å². The van der Waals surface area contributed by atoms with Crippen LogP contribution in [0.5, 0.6) is 5.75 Å². The van der Waals surface area contributed by atoms with Gasteiger partial charge in [-0.1, -0.05) is 6.92 Å². The molecule has 0 fully saturated rings. The van der Waals surface area contributed by atoms with Crippen molar-refractivity contribution in [2.75, 3.05) is 37.4 Å². The summed E-state index contributed by atoms with van der Waals surface area (Å²) in [6.45, 7) is 3.84. The molecule has 3 atom stereocenters. The Bertz CT molecular complexity index is 1350. The van der Waals surface area contributed by atoms with Crippen LogP contribution in [0.3, 0.4) is 0 Å². The number of nitrogens with zero attached hydrogens (tertiary/aromatic N) is 6. The lowest BCUT2D eigenvalue weighted by Gasteiger charge is -2.34. The number of amides is 4. The summed E-state index contributed by atoms with van der Waals surface area (Å²) in [5, 5.41) is 26.0. The van der Waals surface area contributed by atoms with E-state index in [0.29, 0.717) is 29.2 Å². The van der Waals surface area contributed by atoms with Crippen molar-refractivity contribution in [3.8, 4) is 5.75 Å². The van der Waals surface area contributed by atoms with E-state index in [-0.39, 0.29) is 43.8 Å². The first-order valence-electron chi connectivity index (χ1n) is 13.1. The number of fused-ring (bicyclic) bond motifs is 1. The van der Waals surface area contributed by atoms with E-state index >= 15 is 0 Å². The normalized spacial score (nSPS) is 17.8. The van der Waals surface area contributed by atoms with Gasteiger partial charge < -0.3 is 30.3 Å². The highest BCUT2D eigenvalue weighted by molar-refractivity contribution is 5.91. The Labute approximate surface area is 236 Å². The number of nitrogens with one attached hydrogen (secondary N) is 2. The summed E-state index contributed by atoms with van der Waals surface area (Å²) < 4.78 is 20.9. The van der Waals surface area contributed by atoms with Crippen LogP contribution >= 0.6 is 0 Å². The van der Waals surface area contributed by atoms with Crippen molar-refractivity contribution in [1.82, 2.24) is 30.0 Å². The van der Waals surface area contributed by atoms with Gasteiger partial charge in [-0.25, -0.2) is 13.9 Å². The summed E-state index contributed by atoms with van der Waals surface area (Å²) >= 11 is 0. The fraction of sp³-hybridized carbons (Fsp3) is 0.407. The topological polar surface area (TPSA) is 155 Å². The molecule has 0 saturated heterocycles. The highest BCUT2D eigenvalue weighted by Crippen LogP contribution is 2.29. The molecule has 3 aromatic rings. The molecule has 0 bridgehead atoms. The van der Waals surface area contributed by atoms with Crippen LogP contribution in [0.15, 0.2) is 48.8 Å². The van der Waals surface area contributed by atoms with Crippen LogP contribution in [0.2, 0.25) is 0 Å². The minimum atomic E-state index is -0.530. The van der Waals surface area contributed by atoms with Gasteiger partial charge in [0.1, 0.15) is 30.5 Å². The number of carbonyl (C=O) groups excluding carboxylic acids is 3. The number of tetrazole rings is 1. The van der Waals surface area contributed by atoms with E-state index < -0.39 is 24.0 Å². The molecule has 41 heavy (non-hydrogen) atoms. The molecule has 2 heterocycles. The maximum Gasteiger partial charge on any atom is 0.321 e. The number of carbonyl (C=O) groups is 3. The van der Waals surface area contributed by atoms with Gasteiger partial charge >= 0.3 is 6.03 Å². The van der Waals surface area contributed by atoms with Crippen molar-refractivity contribution in [3.63, 3.8) is 0 Å². The van der Waals surface area contributed by atoms with Crippen molar-refractivity contribution in [2.24, 2.45) is 5.92 Å². The fourth-order valence-electron chi connectivity index (χ4n) is 4.43. The lowest BCUT2D eigenvalue weighted by Crippen LogP contribution is -2.48. The summed E-state index contributed by atoms with van der Waals surface area (Å²) in [4.78, 5) is 41.8. The summed E-state index contributed by atoms with van der Waals surface area (Å²) in [5.74, 6) is -0.753. The molecule has 1 aromatic heterocycles. The highest BCUT2D eigenvalue weighted by Gasteiger charge is 2.32. The molecule has 1 aliphatic heterocycles. The molecule has 218 valence electrons. The Hall–Kier alpha value is -4.59. The number of aromatic nitrogens is 4. The SMILES string of the molecule is C[C@@H]1CN([C@@H](C)CO)C(=O)Cc2cc(NC(=O)Cn3cnnn3)ccc2O[C@H]1CN(C)C(=O)Nc1ccc(F)cc1. The molecule has 13 nitrogen and oxygen atoms in total. The molecule has 4 amide bonds. The number of benzene rings is 2. The van der Waals surface area contributed by atoms with Gasteiger partial charge in [0.15, 0.2) is 0 Å². The minimum Gasteiger partial charge on any atom is -0.488 e. The highest BCUT2D eigenvalue weighted by atomic mass is 19.1. The van der Waals surface area contributed by atoms with Crippen LogP contribution in [0.4, 0.5) is 20.6 Å². The van der Waals surface area contributed by atoms with Crippen LogP contribution in [-0.2, 0) is 22.6 Å². The maximum absolute atomic E-state index is 13.4. The molecular formula is C27H33FN8O5. The molecule has 0 radical (unpaired) electrons. The maximum atomic E-state index is 13.4. The number of urea groups is 1. The van der Waals surface area contributed by atoms with E-state index in [2.05, 4.69) is 26.2 Å². The first-order chi connectivity index (χ1) is 19.6. The predicted molar refractivity (Wildman–Crippen MR) is 146 cm³/mol. The third kappa shape index (κ3) is 7.75. The summed E-state index contributed by atoms with van der Waals surface area (Å²) in [6.07, 6.45) is 0.777. The van der Waals surface area contributed by atoms with Gasteiger partial charge in [0.05, 0.1) is 25.6 Å². The second kappa shape index (κ2) is 13.2. The lowest BCUT2D eigenvalue weighted by molar-refractivity contribution is -0.134. The van der Waals surface area contributed by atoms with E-state index in [1.165, 1.54) is 40.2 Å². The number of likely N-dealkylation sites (N-methyl/N-ethyl adjacent to an activating group) is 1. The lowest BCUT2D eigenvalue weighted by atomic mass is 10.0. The smallest absolute Gasteiger partial charge is 0.321 e. The zero-order valence-electron chi connectivity index (χ0n) is 23.0. The van der Waals surface area contributed by atoms with Gasteiger partial charge in [0.25, 0.3) is 0 Å². The number of hydrogen-bond acceptors (Lipinski definition) is 8. The molecule has 4 rings (SSSR count). The molecule has 2 aromatic carbocycles. The summed E-state index contributed by atoms with van der Waals surface area (Å²) in [6, 6.07) is 9.61. The van der Waals surface area contributed by atoms with Crippen molar-refractivity contribution < 1.29 is 28.6 Å². The van der Waals surface area contributed by atoms with Gasteiger partial charge in [0.2, 0.25) is 11.8 Å². The minimum absolute atomic E-state index is 0.0172. The largest absolute Gasteiger partial charge is 0.488 e. The summed E-state index contributed by atoms with van der Waals surface area (Å²) in [5.41, 5.74) is 1.45. The Morgan fingerprint density at radius 2 is 1.93 bits per heavy atom. The summed E-state index contributed by atoms with van der Waals surface area (Å²) in [7, 11) is 1.62. The first kappa shape index (κ1) is 29.4. The molecule has 0 aliphatic carbocycles. The molecular weight excluding hydrogens is 535 g/mol. The Morgan fingerprint density at radius 3 is 2.61 bits per heavy atom. The van der Waals surface area contributed by atoms with E-state index in [4.69, 9.17) is 4.74 Å². The molecule has 0 spiro atoms. The number of ether oxygens (including phenoxy) is 1. The van der Waals surface area contributed by atoms with Crippen molar-refractivity contribution in [3.05, 3.63) is 60.2 Å². The molecule has 3 N–H and O–H groups in total. The second-order valence-electron chi connectivity index (χ2n) is 10.1. The monoisotopic (exact) mass is 568 g/mol. The van der Waals surface area contributed by atoms with E-state index in [0.717, 1.165) is 0 Å². The van der Waals surface area contributed by atoms with E-state index in [9.17, 15) is 23.9 Å². The van der Waals surface area contributed by atoms with Crippen molar-refractivity contribution in [2.45, 2.75) is 39.0 Å². The quantitative estimate of drug-likeness (QED) is 0.371. The third-order valence-electron chi connectivity index (χ3n) is 6.79. The van der Waals surface area contributed by atoms with Crippen LogP contribution < -0.4 is 15.4 Å². The van der Waals surface area contributed by atoms with Gasteiger partial charge in [-0.2, -0.15) is 0 Å². The average Bonchev–Trinajstić information content (AvgIpc) is 3.46. The van der Waals surface area contributed by atoms with Crippen LogP contribution in [0.25, 0.3) is 0 Å². The molecule has 0 unspecified atom stereocenters. The van der Waals surface area contributed by atoms with Crippen LogP contribution in [0.1, 0.15) is 19.4 Å². The van der Waals surface area contributed by atoms with E-state index in [1.54, 1.807) is 37.1 Å². The number of hydrogen-bond donors (Lipinski definition) is 3. The average molecular weight is 569 g/mol. The number of rotatable bonds is 8.